The van der Waals surface area contributed by atoms with Crippen molar-refractivity contribution in [3.05, 3.63) is 63.4 Å². The summed E-state index contributed by atoms with van der Waals surface area (Å²) >= 11 is 0. The standard InChI is InChI=1S/C13H9F3N2O3/c14-13(15,16)10-7-8(5-6-11(10)18(20)21)12(19)17-9-3-1-2-4-9/h1-3,5-7H,4H2,(H,17,19). The minimum Gasteiger partial charge on any atom is -0.325 e. The first-order valence-electron chi connectivity index (χ1n) is 5.82. The normalized spacial score (nSPS) is 14.0. The van der Waals surface area contributed by atoms with Crippen molar-refractivity contribution in [1.82, 2.24) is 5.32 Å². The summed E-state index contributed by atoms with van der Waals surface area (Å²) in [4.78, 5) is 21.3. The third kappa shape index (κ3) is 3.28. The van der Waals surface area contributed by atoms with E-state index in [9.17, 15) is 28.1 Å². The number of nitro groups is 1. The lowest BCUT2D eigenvalue weighted by Crippen LogP contribution is -2.22. The Balaban J connectivity index is 2.33. The zero-order valence-electron chi connectivity index (χ0n) is 10.5. The number of halogens is 3. The predicted molar refractivity (Wildman–Crippen MR) is 67.4 cm³/mol. The molecule has 0 aliphatic heterocycles. The number of rotatable bonds is 3. The molecule has 1 aliphatic rings. The SMILES string of the molecule is O=C(NC1=CC=CC1)c1ccc([N+](=O)[O-])c(C(F)(F)F)c1. The highest BCUT2D eigenvalue weighted by atomic mass is 19.4. The van der Waals surface area contributed by atoms with Gasteiger partial charge in [0.15, 0.2) is 0 Å². The van der Waals surface area contributed by atoms with Gasteiger partial charge in [-0.3, -0.25) is 14.9 Å². The largest absolute Gasteiger partial charge is 0.423 e. The van der Waals surface area contributed by atoms with Crippen LogP contribution in [0.2, 0.25) is 0 Å². The van der Waals surface area contributed by atoms with E-state index in [0.717, 1.165) is 6.07 Å². The number of hydrogen-bond donors (Lipinski definition) is 1. The number of alkyl halides is 3. The first-order chi connectivity index (χ1) is 9.79. The summed E-state index contributed by atoms with van der Waals surface area (Å²) < 4.78 is 38.4. The number of carbonyl (C=O) groups excluding carboxylic acids is 1. The molecule has 110 valence electrons. The minimum absolute atomic E-state index is 0.291. The third-order valence-corrected chi connectivity index (χ3v) is 2.81. The quantitative estimate of drug-likeness (QED) is 0.688. The highest BCUT2D eigenvalue weighted by Crippen LogP contribution is 2.36. The van der Waals surface area contributed by atoms with E-state index in [1.807, 2.05) is 0 Å². The molecular weight excluding hydrogens is 289 g/mol. The Kier molecular flexibility index (Phi) is 3.79. The monoisotopic (exact) mass is 298 g/mol. The Labute approximate surface area is 116 Å². The molecule has 1 amide bonds. The Morgan fingerprint density at radius 2 is 2.05 bits per heavy atom. The van der Waals surface area contributed by atoms with Gasteiger partial charge in [0.2, 0.25) is 0 Å². The van der Waals surface area contributed by atoms with Gasteiger partial charge in [0.05, 0.1) is 4.92 Å². The summed E-state index contributed by atoms with van der Waals surface area (Å²) in [5, 5.41) is 13.1. The van der Waals surface area contributed by atoms with E-state index in [-0.39, 0.29) is 5.56 Å². The number of allylic oxidation sites excluding steroid dienone is 3. The van der Waals surface area contributed by atoms with Crippen LogP contribution in [0.3, 0.4) is 0 Å². The molecule has 0 bridgehead atoms. The highest BCUT2D eigenvalue weighted by Gasteiger charge is 2.38. The maximum Gasteiger partial charge on any atom is 0.423 e. The van der Waals surface area contributed by atoms with Crippen LogP contribution in [-0.2, 0) is 6.18 Å². The van der Waals surface area contributed by atoms with E-state index < -0.39 is 28.3 Å². The predicted octanol–water partition coefficient (Wildman–Crippen LogP) is 3.19. The molecular formula is C13H9F3N2O3. The van der Waals surface area contributed by atoms with E-state index in [1.54, 1.807) is 18.2 Å². The molecule has 8 heteroatoms. The summed E-state index contributed by atoms with van der Waals surface area (Å²) in [6, 6.07) is 2.15. The molecule has 0 atom stereocenters. The van der Waals surface area contributed by atoms with Crippen LogP contribution in [0.15, 0.2) is 42.1 Å². The fourth-order valence-electron chi connectivity index (χ4n) is 1.82. The van der Waals surface area contributed by atoms with E-state index in [1.165, 1.54) is 0 Å². The summed E-state index contributed by atoms with van der Waals surface area (Å²) in [6.45, 7) is 0. The Bertz CT molecular complexity index is 663. The fourth-order valence-corrected chi connectivity index (χ4v) is 1.82. The zero-order chi connectivity index (χ0) is 15.6. The van der Waals surface area contributed by atoms with Crippen LogP contribution in [0, 0.1) is 10.1 Å². The number of nitrogens with one attached hydrogen (secondary N) is 1. The second-order valence-corrected chi connectivity index (χ2v) is 4.27. The van der Waals surface area contributed by atoms with Gasteiger partial charge in [-0.1, -0.05) is 12.2 Å². The third-order valence-electron chi connectivity index (χ3n) is 2.81. The lowest BCUT2D eigenvalue weighted by atomic mass is 10.1. The molecule has 1 aromatic carbocycles. The summed E-state index contributed by atoms with van der Waals surface area (Å²) in [5.74, 6) is -0.745. The molecule has 0 saturated carbocycles. The molecule has 0 unspecified atom stereocenters. The van der Waals surface area contributed by atoms with Gasteiger partial charge in [0.25, 0.3) is 11.6 Å². The number of nitro benzene ring substituents is 1. The van der Waals surface area contributed by atoms with Crippen LogP contribution >= 0.6 is 0 Å². The second kappa shape index (κ2) is 5.39. The Morgan fingerprint density at radius 3 is 2.57 bits per heavy atom. The maximum atomic E-state index is 12.8. The van der Waals surface area contributed by atoms with Gasteiger partial charge in [-0.2, -0.15) is 13.2 Å². The average molecular weight is 298 g/mol. The van der Waals surface area contributed by atoms with Crippen molar-refractivity contribution in [3.63, 3.8) is 0 Å². The first kappa shape index (κ1) is 14.8. The van der Waals surface area contributed by atoms with Gasteiger partial charge >= 0.3 is 6.18 Å². The summed E-state index contributed by atoms with van der Waals surface area (Å²) in [6.07, 6.45) is 0.658. The van der Waals surface area contributed by atoms with Crippen molar-refractivity contribution in [2.75, 3.05) is 0 Å². The van der Waals surface area contributed by atoms with Crippen LogP contribution in [0.1, 0.15) is 22.3 Å². The average Bonchev–Trinajstić information content (AvgIpc) is 2.89. The molecule has 1 N–H and O–H groups in total. The highest BCUT2D eigenvalue weighted by molar-refractivity contribution is 5.96. The van der Waals surface area contributed by atoms with Gasteiger partial charge in [0, 0.05) is 23.7 Å². The van der Waals surface area contributed by atoms with Crippen molar-refractivity contribution in [1.29, 1.82) is 0 Å². The summed E-state index contributed by atoms with van der Waals surface area (Å²) in [5.41, 5.74) is -2.27. The lowest BCUT2D eigenvalue weighted by Gasteiger charge is -2.10. The molecule has 1 aliphatic carbocycles. The van der Waals surface area contributed by atoms with Gasteiger partial charge in [-0.25, -0.2) is 0 Å². The topological polar surface area (TPSA) is 72.2 Å². The Hall–Kier alpha value is -2.64. The molecule has 0 spiro atoms. The van der Waals surface area contributed by atoms with Gasteiger partial charge in [-0.05, 0) is 18.2 Å². The summed E-state index contributed by atoms with van der Waals surface area (Å²) in [7, 11) is 0. The fraction of sp³-hybridized carbons (Fsp3) is 0.154. The van der Waals surface area contributed by atoms with E-state index >= 15 is 0 Å². The van der Waals surface area contributed by atoms with Crippen LogP contribution in [0.25, 0.3) is 0 Å². The molecule has 0 heterocycles. The van der Waals surface area contributed by atoms with Gasteiger partial charge < -0.3 is 5.32 Å². The lowest BCUT2D eigenvalue weighted by molar-refractivity contribution is -0.388. The van der Waals surface area contributed by atoms with E-state index in [2.05, 4.69) is 5.32 Å². The van der Waals surface area contributed by atoms with E-state index in [4.69, 9.17) is 0 Å². The zero-order valence-corrected chi connectivity index (χ0v) is 10.5. The van der Waals surface area contributed by atoms with Crippen LogP contribution in [0.5, 0.6) is 0 Å². The molecule has 5 nitrogen and oxygen atoms in total. The number of carbonyl (C=O) groups is 1. The molecule has 0 saturated heterocycles. The Morgan fingerprint density at radius 1 is 1.33 bits per heavy atom. The maximum absolute atomic E-state index is 12.8. The number of benzene rings is 1. The number of hydrogen-bond acceptors (Lipinski definition) is 3. The molecule has 21 heavy (non-hydrogen) atoms. The number of nitrogens with zero attached hydrogens (tertiary/aromatic N) is 1. The molecule has 1 aromatic rings. The minimum atomic E-state index is -4.91. The molecule has 0 fully saturated rings. The van der Waals surface area contributed by atoms with Crippen molar-refractivity contribution in [2.45, 2.75) is 12.6 Å². The second-order valence-electron chi connectivity index (χ2n) is 4.27. The van der Waals surface area contributed by atoms with Crippen molar-refractivity contribution in [3.8, 4) is 0 Å². The molecule has 0 aromatic heterocycles. The van der Waals surface area contributed by atoms with Crippen LogP contribution in [0.4, 0.5) is 18.9 Å². The molecule has 0 radical (unpaired) electrons. The van der Waals surface area contributed by atoms with E-state index in [0.29, 0.717) is 24.3 Å². The van der Waals surface area contributed by atoms with Gasteiger partial charge in [0.1, 0.15) is 5.56 Å². The van der Waals surface area contributed by atoms with Crippen molar-refractivity contribution >= 4 is 11.6 Å². The number of amides is 1. The van der Waals surface area contributed by atoms with Crippen LogP contribution in [-0.4, -0.2) is 10.8 Å². The van der Waals surface area contributed by atoms with Gasteiger partial charge in [-0.15, -0.1) is 0 Å². The first-order valence-corrected chi connectivity index (χ1v) is 5.82. The van der Waals surface area contributed by atoms with Crippen molar-refractivity contribution < 1.29 is 22.9 Å². The molecule has 2 rings (SSSR count). The van der Waals surface area contributed by atoms with Crippen molar-refractivity contribution in [2.24, 2.45) is 0 Å². The smallest absolute Gasteiger partial charge is 0.325 e. The van der Waals surface area contributed by atoms with Crippen LogP contribution < -0.4 is 5.32 Å².